The molecule has 0 aromatic carbocycles. The molecular formula is C16H15N5O3S2. The molecule has 3 heterocycles. The first-order valence-electron chi connectivity index (χ1n) is 7.49. The van der Waals surface area contributed by atoms with Crippen LogP contribution in [0.5, 0.6) is 0 Å². The van der Waals surface area contributed by atoms with E-state index in [0.717, 1.165) is 19.8 Å². The summed E-state index contributed by atoms with van der Waals surface area (Å²) in [6.07, 6.45) is 6.42. The number of sulfonamides is 1. The van der Waals surface area contributed by atoms with E-state index < -0.39 is 21.6 Å². The molecule has 0 radical (unpaired) electrons. The second kappa shape index (κ2) is 7.36. The second-order valence-corrected chi connectivity index (χ2v) is 8.74. The van der Waals surface area contributed by atoms with E-state index in [9.17, 15) is 13.2 Å². The maximum absolute atomic E-state index is 12.3. The molecule has 0 saturated heterocycles. The van der Waals surface area contributed by atoms with Gasteiger partial charge in [0.25, 0.3) is 0 Å². The Kier molecular flexibility index (Phi) is 5.16. The molecule has 0 amide bonds. The van der Waals surface area contributed by atoms with Gasteiger partial charge in [-0.2, -0.15) is 0 Å². The number of pyridine rings is 1. The van der Waals surface area contributed by atoms with E-state index in [0.29, 0.717) is 5.69 Å². The summed E-state index contributed by atoms with van der Waals surface area (Å²) in [6.45, 7) is 0. The minimum atomic E-state index is -3.63. The van der Waals surface area contributed by atoms with Gasteiger partial charge in [0.2, 0.25) is 10.0 Å². The molecule has 26 heavy (non-hydrogen) atoms. The fourth-order valence-corrected chi connectivity index (χ4v) is 3.63. The SMILES string of the molecule is CN(C)S(=O)(=O)CC(=O)c1cccc(-c2cnc(-c3cncnc3)s2)n1. The van der Waals surface area contributed by atoms with Crippen LogP contribution in [0.3, 0.4) is 0 Å². The van der Waals surface area contributed by atoms with Gasteiger partial charge < -0.3 is 0 Å². The van der Waals surface area contributed by atoms with Crippen LogP contribution in [0.15, 0.2) is 43.1 Å². The molecule has 134 valence electrons. The van der Waals surface area contributed by atoms with Gasteiger partial charge in [-0.15, -0.1) is 11.3 Å². The van der Waals surface area contributed by atoms with Crippen LogP contribution in [0, 0.1) is 0 Å². The van der Waals surface area contributed by atoms with Crippen LogP contribution in [0.25, 0.3) is 21.1 Å². The number of hydrogen-bond donors (Lipinski definition) is 0. The van der Waals surface area contributed by atoms with Gasteiger partial charge in [0.05, 0.1) is 10.6 Å². The summed E-state index contributed by atoms with van der Waals surface area (Å²) in [5.41, 5.74) is 1.44. The summed E-state index contributed by atoms with van der Waals surface area (Å²) >= 11 is 1.39. The van der Waals surface area contributed by atoms with Crippen molar-refractivity contribution in [3.63, 3.8) is 0 Å². The van der Waals surface area contributed by atoms with E-state index in [1.54, 1.807) is 30.7 Å². The molecular weight excluding hydrogens is 374 g/mol. The standard InChI is InChI=1S/C16H15N5O3S2/c1-21(2)26(23,24)9-14(22)12-4-3-5-13(20-12)15-8-19-16(25-15)11-6-17-10-18-7-11/h3-8,10H,9H2,1-2H3. The predicted molar refractivity (Wildman–Crippen MR) is 98.2 cm³/mol. The molecule has 0 aliphatic rings. The maximum Gasteiger partial charge on any atom is 0.221 e. The highest BCUT2D eigenvalue weighted by atomic mass is 32.2. The number of thiazole rings is 1. The topological polar surface area (TPSA) is 106 Å². The highest BCUT2D eigenvalue weighted by molar-refractivity contribution is 7.89. The minimum absolute atomic E-state index is 0.103. The molecule has 0 atom stereocenters. The Labute approximate surface area is 154 Å². The number of carbonyl (C=O) groups is 1. The van der Waals surface area contributed by atoms with Gasteiger partial charge in [-0.3, -0.25) is 4.79 Å². The summed E-state index contributed by atoms with van der Waals surface area (Å²) in [6, 6.07) is 4.92. The van der Waals surface area contributed by atoms with Crippen LogP contribution in [-0.2, 0) is 10.0 Å². The van der Waals surface area contributed by atoms with Crippen molar-refractivity contribution in [2.75, 3.05) is 19.8 Å². The van der Waals surface area contributed by atoms with Crippen LogP contribution in [0.2, 0.25) is 0 Å². The molecule has 0 aliphatic heterocycles. The van der Waals surface area contributed by atoms with E-state index >= 15 is 0 Å². The predicted octanol–water partition coefficient (Wildman–Crippen LogP) is 1.74. The van der Waals surface area contributed by atoms with E-state index in [1.165, 1.54) is 37.8 Å². The number of aromatic nitrogens is 4. The summed E-state index contributed by atoms with van der Waals surface area (Å²) < 4.78 is 24.8. The van der Waals surface area contributed by atoms with Crippen molar-refractivity contribution in [3.05, 3.63) is 48.8 Å². The Morgan fingerprint density at radius 2 is 1.88 bits per heavy atom. The molecule has 0 spiro atoms. The molecule has 0 fully saturated rings. The number of ketones is 1. The largest absolute Gasteiger partial charge is 0.291 e. The van der Waals surface area contributed by atoms with Gasteiger partial charge in [0, 0.05) is 38.2 Å². The highest BCUT2D eigenvalue weighted by Gasteiger charge is 2.21. The summed E-state index contributed by atoms with van der Waals surface area (Å²) in [5, 5.41) is 0.731. The van der Waals surface area contributed by atoms with Crippen LogP contribution in [0.4, 0.5) is 0 Å². The summed E-state index contributed by atoms with van der Waals surface area (Å²) in [7, 11) is -0.860. The van der Waals surface area contributed by atoms with Crippen molar-refractivity contribution < 1.29 is 13.2 Å². The van der Waals surface area contributed by atoms with Gasteiger partial charge in [-0.1, -0.05) is 6.07 Å². The van der Waals surface area contributed by atoms with Crippen LogP contribution >= 0.6 is 11.3 Å². The highest BCUT2D eigenvalue weighted by Crippen LogP contribution is 2.30. The third-order valence-electron chi connectivity index (χ3n) is 3.47. The van der Waals surface area contributed by atoms with Crippen molar-refractivity contribution in [3.8, 4) is 21.1 Å². The van der Waals surface area contributed by atoms with Crippen molar-refractivity contribution in [1.82, 2.24) is 24.2 Å². The zero-order valence-electron chi connectivity index (χ0n) is 14.0. The lowest BCUT2D eigenvalue weighted by molar-refractivity contribution is 0.101. The van der Waals surface area contributed by atoms with Crippen molar-refractivity contribution in [1.29, 1.82) is 0 Å². The van der Waals surface area contributed by atoms with Crippen molar-refractivity contribution in [2.45, 2.75) is 0 Å². The Hall–Kier alpha value is -2.56. The molecule has 3 rings (SSSR count). The summed E-state index contributed by atoms with van der Waals surface area (Å²) in [4.78, 5) is 29.6. The lowest BCUT2D eigenvalue weighted by Gasteiger charge is -2.10. The first-order chi connectivity index (χ1) is 12.4. The van der Waals surface area contributed by atoms with Gasteiger partial charge in [-0.05, 0) is 12.1 Å². The van der Waals surface area contributed by atoms with Crippen molar-refractivity contribution >= 4 is 27.1 Å². The smallest absolute Gasteiger partial charge is 0.221 e. The van der Waals surface area contributed by atoms with Gasteiger partial charge >= 0.3 is 0 Å². The molecule has 3 aromatic rings. The monoisotopic (exact) mass is 389 g/mol. The average Bonchev–Trinajstić information content (AvgIpc) is 3.12. The number of hydrogen-bond acceptors (Lipinski definition) is 8. The van der Waals surface area contributed by atoms with E-state index in [-0.39, 0.29) is 5.69 Å². The van der Waals surface area contributed by atoms with Crippen LogP contribution < -0.4 is 0 Å². The summed E-state index contributed by atoms with van der Waals surface area (Å²) in [5.74, 6) is -1.17. The second-order valence-electron chi connectivity index (χ2n) is 5.53. The zero-order chi connectivity index (χ0) is 18.7. The van der Waals surface area contributed by atoms with Gasteiger partial charge in [-0.25, -0.2) is 32.7 Å². The minimum Gasteiger partial charge on any atom is -0.291 e. The molecule has 0 N–H and O–H groups in total. The molecule has 0 saturated carbocycles. The fraction of sp³-hybridized carbons (Fsp3) is 0.188. The van der Waals surface area contributed by atoms with Gasteiger partial charge in [0.15, 0.2) is 5.78 Å². The normalized spacial score (nSPS) is 11.7. The quantitative estimate of drug-likeness (QED) is 0.591. The molecule has 10 heteroatoms. The van der Waals surface area contributed by atoms with E-state index in [2.05, 4.69) is 19.9 Å². The number of nitrogens with zero attached hydrogens (tertiary/aromatic N) is 5. The maximum atomic E-state index is 12.3. The lowest BCUT2D eigenvalue weighted by atomic mass is 10.2. The third kappa shape index (κ3) is 3.98. The van der Waals surface area contributed by atoms with E-state index in [4.69, 9.17) is 0 Å². The van der Waals surface area contributed by atoms with Crippen molar-refractivity contribution in [2.24, 2.45) is 0 Å². The van der Waals surface area contributed by atoms with Crippen LogP contribution in [-0.4, -0.2) is 58.3 Å². The number of carbonyl (C=O) groups excluding carboxylic acids is 1. The molecule has 8 nitrogen and oxygen atoms in total. The Morgan fingerprint density at radius 1 is 1.15 bits per heavy atom. The van der Waals surface area contributed by atoms with Gasteiger partial charge in [0.1, 0.15) is 22.8 Å². The first kappa shape index (κ1) is 18.2. The Bertz CT molecular complexity index is 1030. The molecule has 3 aromatic heterocycles. The fourth-order valence-electron chi connectivity index (χ4n) is 2.03. The Morgan fingerprint density at radius 3 is 2.58 bits per heavy atom. The lowest BCUT2D eigenvalue weighted by Crippen LogP contribution is -2.29. The third-order valence-corrected chi connectivity index (χ3v) is 6.28. The average molecular weight is 389 g/mol. The molecule has 0 unspecified atom stereocenters. The zero-order valence-corrected chi connectivity index (χ0v) is 15.7. The molecule has 0 bridgehead atoms. The van der Waals surface area contributed by atoms with Crippen LogP contribution in [0.1, 0.15) is 10.5 Å². The first-order valence-corrected chi connectivity index (χ1v) is 9.91. The molecule has 0 aliphatic carbocycles. The number of rotatable bonds is 6. The number of Topliss-reactive ketones (excluding diaryl/α,β-unsaturated/α-hetero) is 1. The Balaban J connectivity index is 1.86. The van der Waals surface area contributed by atoms with E-state index in [1.807, 2.05) is 0 Å².